The van der Waals surface area contributed by atoms with Gasteiger partial charge in [-0.25, -0.2) is 0 Å². The van der Waals surface area contributed by atoms with Gasteiger partial charge in [0.1, 0.15) is 0 Å². The second kappa shape index (κ2) is 8.01. The molecule has 1 saturated heterocycles. The summed E-state index contributed by atoms with van der Waals surface area (Å²) in [5, 5.41) is 3.33. The number of fused-ring (bicyclic) bond motifs is 3. The molecule has 4 rings (SSSR count). The van der Waals surface area contributed by atoms with E-state index in [1.165, 1.54) is 37.4 Å². The summed E-state index contributed by atoms with van der Waals surface area (Å²) in [6, 6.07) is 11.5. The first-order chi connectivity index (χ1) is 12.5. The number of amides is 1. The van der Waals surface area contributed by atoms with Crippen molar-refractivity contribution >= 4 is 41.4 Å². The Morgan fingerprint density at radius 2 is 1.96 bits per heavy atom. The van der Waals surface area contributed by atoms with E-state index in [1.807, 2.05) is 6.07 Å². The third kappa shape index (κ3) is 3.88. The Labute approximate surface area is 170 Å². The largest absolute Gasteiger partial charge is 0.322 e. The smallest absolute Gasteiger partial charge is 0.255 e. The first-order valence-electron chi connectivity index (χ1n) is 9.01. The van der Waals surface area contributed by atoms with E-state index in [1.54, 1.807) is 18.2 Å². The molecule has 0 radical (unpaired) electrons. The number of benzene rings is 2. The van der Waals surface area contributed by atoms with Crippen LogP contribution in [0.5, 0.6) is 0 Å². The van der Waals surface area contributed by atoms with E-state index in [-0.39, 0.29) is 24.1 Å². The van der Waals surface area contributed by atoms with Crippen LogP contribution < -0.4 is 5.32 Å². The van der Waals surface area contributed by atoms with Crippen molar-refractivity contribution in [3.05, 3.63) is 63.7 Å². The number of Topliss-reactive ketones (excluding diaryl/α,β-unsaturated/α-hetero) is 1. The minimum atomic E-state index is -0.233. The van der Waals surface area contributed by atoms with Gasteiger partial charge in [-0.15, -0.1) is 12.4 Å². The number of nitrogens with zero attached hydrogens (tertiary/aromatic N) is 1. The summed E-state index contributed by atoms with van der Waals surface area (Å²) >= 11 is 6.03. The van der Waals surface area contributed by atoms with Gasteiger partial charge in [0.15, 0.2) is 5.78 Å². The van der Waals surface area contributed by atoms with Crippen molar-refractivity contribution in [2.75, 3.05) is 18.4 Å². The minimum absolute atomic E-state index is 0. The van der Waals surface area contributed by atoms with E-state index in [0.717, 1.165) is 18.7 Å². The third-order valence-corrected chi connectivity index (χ3v) is 5.73. The van der Waals surface area contributed by atoms with E-state index >= 15 is 0 Å². The lowest BCUT2D eigenvalue weighted by atomic mass is 9.92. The van der Waals surface area contributed by atoms with Crippen LogP contribution >= 0.6 is 24.0 Å². The topological polar surface area (TPSA) is 49.4 Å². The van der Waals surface area contributed by atoms with Crippen LogP contribution in [0.2, 0.25) is 5.02 Å². The number of hydrogen-bond donors (Lipinski definition) is 1. The van der Waals surface area contributed by atoms with Crippen LogP contribution in [0.25, 0.3) is 0 Å². The Kier molecular flexibility index (Phi) is 5.89. The highest BCUT2D eigenvalue weighted by Crippen LogP contribution is 2.38. The van der Waals surface area contributed by atoms with Gasteiger partial charge in [0.05, 0.1) is 5.02 Å². The van der Waals surface area contributed by atoms with Crippen LogP contribution in [-0.4, -0.2) is 29.7 Å². The zero-order valence-electron chi connectivity index (χ0n) is 15.1. The van der Waals surface area contributed by atoms with Crippen molar-refractivity contribution < 1.29 is 9.59 Å². The van der Waals surface area contributed by atoms with Crippen molar-refractivity contribution in [2.45, 2.75) is 32.2 Å². The quantitative estimate of drug-likeness (QED) is 0.739. The van der Waals surface area contributed by atoms with Gasteiger partial charge < -0.3 is 5.32 Å². The average molecular weight is 405 g/mol. The maximum absolute atomic E-state index is 12.6. The van der Waals surface area contributed by atoms with E-state index in [0.29, 0.717) is 22.2 Å². The number of halogens is 2. The lowest BCUT2D eigenvalue weighted by Crippen LogP contribution is -2.31. The summed E-state index contributed by atoms with van der Waals surface area (Å²) in [5.74, 6) is -0.386. The molecule has 0 spiro atoms. The average Bonchev–Trinajstić information content (AvgIpc) is 3.11. The number of hydrogen-bond acceptors (Lipinski definition) is 3. The van der Waals surface area contributed by atoms with Crippen molar-refractivity contribution in [2.24, 2.45) is 0 Å². The van der Waals surface area contributed by atoms with E-state index in [2.05, 4.69) is 22.3 Å². The van der Waals surface area contributed by atoms with Gasteiger partial charge >= 0.3 is 0 Å². The molecule has 1 fully saturated rings. The van der Waals surface area contributed by atoms with E-state index < -0.39 is 0 Å². The van der Waals surface area contributed by atoms with Crippen molar-refractivity contribution in [3.63, 3.8) is 0 Å². The summed E-state index contributed by atoms with van der Waals surface area (Å²) < 4.78 is 0. The fourth-order valence-electron chi connectivity index (χ4n) is 4.06. The molecule has 2 aromatic carbocycles. The summed E-state index contributed by atoms with van der Waals surface area (Å²) in [6.07, 6.45) is 3.49. The number of nitrogens with one attached hydrogen (secondary N) is 1. The predicted molar refractivity (Wildman–Crippen MR) is 110 cm³/mol. The molecule has 2 aliphatic rings. The molecule has 0 bridgehead atoms. The summed E-state index contributed by atoms with van der Waals surface area (Å²) in [7, 11) is 0. The second-order valence-corrected chi connectivity index (χ2v) is 7.47. The van der Waals surface area contributed by atoms with Crippen LogP contribution in [0, 0.1) is 0 Å². The Morgan fingerprint density at radius 1 is 1.15 bits per heavy atom. The molecule has 1 atom stereocenters. The molecule has 0 saturated carbocycles. The standard InChI is InChI=1S/C21H21ClN2O2.ClH/c1-13(25)17-11-15(5-7-19(17)22)21(26)23-16-6-4-14-8-10-24-9-2-3-20(24)18(14)12-16;/h4-7,11-12,20H,2-3,8-10H2,1H3,(H,23,26);1H. The number of carbonyl (C=O) groups excluding carboxylic acids is 2. The van der Waals surface area contributed by atoms with Gasteiger partial charge in [0.25, 0.3) is 5.91 Å². The van der Waals surface area contributed by atoms with Gasteiger partial charge in [-0.2, -0.15) is 0 Å². The SMILES string of the molecule is CC(=O)c1cc(C(=O)Nc2ccc3c(c2)C2CCCN2CC3)ccc1Cl.Cl. The first-order valence-corrected chi connectivity index (χ1v) is 9.39. The van der Waals surface area contributed by atoms with Gasteiger partial charge in [-0.1, -0.05) is 17.7 Å². The molecule has 1 unspecified atom stereocenters. The highest BCUT2D eigenvalue weighted by Gasteiger charge is 2.31. The number of ketones is 1. The summed E-state index contributed by atoms with van der Waals surface area (Å²) in [4.78, 5) is 26.8. The number of anilines is 1. The van der Waals surface area contributed by atoms with Crippen LogP contribution in [-0.2, 0) is 6.42 Å². The molecule has 2 heterocycles. The lowest BCUT2D eigenvalue weighted by Gasteiger charge is -2.32. The molecular formula is C21H22Cl2N2O2. The highest BCUT2D eigenvalue weighted by molar-refractivity contribution is 6.34. The van der Waals surface area contributed by atoms with Crippen LogP contribution in [0.3, 0.4) is 0 Å². The van der Waals surface area contributed by atoms with Gasteiger partial charge in [-0.05, 0) is 74.2 Å². The summed E-state index contributed by atoms with van der Waals surface area (Å²) in [5.41, 5.74) is 4.32. The zero-order chi connectivity index (χ0) is 18.3. The van der Waals surface area contributed by atoms with Crippen molar-refractivity contribution in [1.82, 2.24) is 4.90 Å². The monoisotopic (exact) mass is 404 g/mol. The van der Waals surface area contributed by atoms with Crippen LogP contribution in [0.1, 0.15) is 57.7 Å². The molecule has 4 nitrogen and oxygen atoms in total. The fourth-order valence-corrected chi connectivity index (χ4v) is 4.31. The maximum Gasteiger partial charge on any atom is 0.255 e. The normalized spacial score (nSPS) is 18.2. The van der Waals surface area contributed by atoms with Crippen LogP contribution in [0.4, 0.5) is 5.69 Å². The van der Waals surface area contributed by atoms with Crippen molar-refractivity contribution in [3.8, 4) is 0 Å². The number of rotatable bonds is 3. The Hall–Kier alpha value is -1.88. The Balaban J connectivity index is 0.00000210. The zero-order valence-corrected chi connectivity index (χ0v) is 16.7. The Bertz CT molecular complexity index is 898. The van der Waals surface area contributed by atoms with Gasteiger partial charge in [0.2, 0.25) is 0 Å². The molecule has 1 amide bonds. The third-order valence-electron chi connectivity index (χ3n) is 5.40. The molecule has 6 heteroatoms. The predicted octanol–water partition coefficient (Wildman–Crippen LogP) is 4.91. The molecule has 2 aromatic rings. The highest BCUT2D eigenvalue weighted by atomic mass is 35.5. The molecule has 27 heavy (non-hydrogen) atoms. The molecule has 142 valence electrons. The van der Waals surface area contributed by atoms with Gasteiger partial charge in [-0.3, -0.25) is 14.5 Å². The molecule has 2 aliphatic heterocycles. The Morgan fingerprint density at radius 3 is 2.74 bits per heavy atom. The van der Waals surface area contributed by atoms with Crippen LogP contribution in [0.15, 0.2) is 36.4 Å². The maximum atomic E-state index is 12.6. The molecule has 1 N–H and O–H groups in total. The minimum Gasteiger partial charge on any atom is -0.322 e. The lowest BCUT2D eigenvalue weighted by molar-refractivity contribution is 0.101. The molecule has 0 aromatic heterocycles. The second-order valence-electron chi connectivity index (χ2n) is 7.06. The first kappa shape index (κ1) is 19.9. The van der Waals surface area contributed by atoms with E-state index in [9.17, 15) is 9.59 Å². The molecule has 0 aliphatic carbocycles. The van der Waals surface area contributed by atoms with Gasteiger partial charge in [0, 0.05) is 29.4 Å². The summed E-state index contributed by atoms with van der Waals surface area (Å²) in [6.45, 7) is 3.74. The van der Waals surface area contributed by atoms with E-state index in [4.69, 9.17) is 11.6 Å². The number of carbonyl (C=O) groups is 2. The fraction of sp³-hybridized carbons (Fsp3) is 0.333. The van der Waals surface area contributed by atoms with Crippen molar-refractivity contribution in [1.29, 1.82) is 0 Å². The molecular weight excluding hydrogens is 383 g/mol.